The Kier molecular flexibility index (Phi) is 5.67. The molecule has 2 aromatic carbocycles. The summed E-state index contributed by atoms with van der Waals surface area (Å²) < 4.78 is 54.6. The van der Waals surface area contributed by atoms with Crippen LogP contribution >= 0.6 is 0 Å². The molecule has 0 bridgehead atoms. The van der Waals surface area contributed by atoms with Gasteiger partial charge in [0.1, 0.15) is 5.82 Å². The van der Waals surface area contributed by atoms with Crippen LogP contribution in [0.15, 0.2) is 48.5 Å². The maximum atomic E-state index is 13.6. The molecule has 156 valence electrons. The minimum atomic E-state index is -4.98. The molecule has 1 aromatic heterocycles. The fourth-order valence-corrected chi connectivity index (χ4v) is 2.50. The molecule has 0 fully saturated rings. The largest absolute Gasteiger partial charge is 0.435 e. The Morgan fingerprint density at radius 3 is 2.20 bits per heavy atom. The Morgan fingerprint density at radius 2 is 1.63 bits per heavy atom. The van der Waals surface area contributed by atoms with Crippen LogP contribution in [0.4, 0.5) is 33.7 Å². The molecule has 0 aliphatic heterocycles. The number of carbonyl (C=O) groups is 2. The third kappa shape index (κ3) is 4.54. The van der Waals surface area contributed by atoms with Gasteiger partial charge in [0.15, 0.2) is 11.4 Å². The molecule has 8 nitrogen and oxygen atoms in total. The van der Waals surface area contributed by atoms with Crippen molar-refractivity contribution in [3.63, 3.8) is 0 Å². The normalized spacial score (nSPS) is 11.1. The Labute approximate surface area is 166 Å². The topological polar surface area (TPSA) is 101 Å². The molecule has 3 aromatic rings. The lowest BCUT2D eigenvalue weighted by atomic mass is 10.2. The van der Waals surface area contributed by atoms with Crippen LogP contribution in [0, 0.1) is 5.82 Å². The van der Waals surface area contributed by atoms with Gasteiger partial charge >= 0.3 is 12.2 Å². The van der Waals surface area contributed by atoms with Crippen LogP contribution in [0.2, 0.25) is 0 Å². The van der Waals surface area contributed by atoms with Crippen molar-refractivity contribution >= 4 is 23.3 Å². The lowest BCUT2D eigenvalue weighted by Crippen LogP contribution is -2.24. The second-order valence-electron chi connectivity index (χ2n) is 5.91. The summed E-state index contributed by atoms with van der Waals surface area (Å²) in [7, 11) is 1.43. The lowest BCUT2D eigenvalue weighted by Gasteiger charge is -2.11. The fraction of sp³-hybridized carbons (Fsp3) is 0.111. The quantitative estimate of drug-likeness (QED) is 0.561. The van der Waals surface area contributed by atoms with Crippen molar-refractivity contribution in [2.24, 2.45) is 0 Å². The predicted octanol–water partition coefficient (Wildman–Crippen LogP) is 3.43. The molecule has 0 saturated carbocycles. The second-order valence-corrected chi connectivity index (χ2v) is 5.91. The summed E-state index contributed by atoms with van der Waals surface area (Å²) in [4.78, 5) is 23.7. The zero-order valence-corrected chi connectivity index (χ0v) is 15.3. The first kappa shape index (κ1) is 20.8. The summed E-state index contributed by atoms with van der Waals surface area (Å²) in [5.41, 5.74) is -2.09. The Balaban J connectivity index is 1.88. The van der Waals surface area contributed by atoms with E-state index in [0.29, 0.717) is 10.4 Å². The van der Waals surface area contributed by atoms with Gasteiger partial charge in [-0.05, 0) is 42.5 Å². The van der Waals surface area contributed by atoms with Crippen molar-refractivity contribution in [3.8, 4) is 5.69 Å². The number of amides is 3. The number of rotatable bonds is 4. The molecule has 30 heavy (non-hydrogen) atoms. The van der Waals surface area contributed by atoms with Crippen LogP contribution in [-0.2, 0) is 6.18 Å². The van der Waals surface area contributed by atoms with Crippen molar-refractivity contribution in [1.29, 1.82) is 0 Å². The molecule has 3 N–H and O–H groups in total. The summed E-state index contributed by atoms with van der Waals surface area (Å²) in [6.07, 6.45) is -4.98. The monoisotopic (exact) mass is 422 g/mol. The highest BCUT2D eigenvalue weighted by atomic mass is 19.4. The molecule has 3 rings (SSSR count). The first-order chi connectivity index (χ1) is 14.2. The number of hydrogen-bond acceptors (Lipinski definition) is 4. The third-order valence-corrected chi connectivity index (χ3v) is 3.83. The van der Waals surface area contributed by atoms with E-state index >= 15 is 0 Å². The van der Waals surface area contributed by atoms with Gasteiger partial charge in [0.2, 0.25) is 0 Å². The summed E-state index contributed by atoms with van der Waals surface area (Å²) in [5, 5.41) is 13.9. The van der Waals surface area contributed by atoms with E-state index in [1.165, 1.54) is 43.4 Å². The molecule has 0 atom stereocenters. The number of carbonyl (C=O) groups excluding carboxylic acids is 2. The summed E-state index contributed by atoms with van der Waals surface area (Å²) in [6.45, 7) is 0. The van der Waals surface area contributed by atoms with Crippen LogP contribution in [0.5, 0.6) is 0 Å². The minimum Gasteiger partial charge on any atom is -0.341 e. The zero-order chi connectivity index (χ0) is 21.9. The predicted molar refractivity (Wildman–Crippen MR) is 98.8 cm³/mol. The van der Waals surface area contributed by atoms with Crippen molar-refractivity contribution in [2.45, 2.75) is 6.18 Å². The molecule has 0 aliphatic rings. The van der Waals surface area contributed by atoms with E-state index in [1.807, 2.05) is 0 Å². The highest BCUT2D eigenvalue weighted by molar-refractivity contribution is 6.04. The smallest absolute Gasteiger partial charge is 0.341 e. The van der Waals surface area contributed by atoms with Gasteiger partial charge in [0.25, 0.3) is 5.91 Å². The fourth-order valence-electron chi connectivity index (χ4n) is 2.50. The second kappa shape index (κ2) is 8.19. The van der Waals surface area contributed by atoms with Gasteiger partial charge in [-0.15, -0.1) is 5.10 Å². The molecule has 1 heterocycles. The zero-order valence-electron chi connectivity index (χ0n) is 15.3. The molecule has 0 saturated heterocycles. The van der Waals surface area contributed by atoms with Crippen LogP contribution in [0.1, 0.15) is 16.2 Å². The van der Waals surface area contributed by atoms with Crippen molar-refractivity contribution < 1.29 is 27.2 Å². The molecule has 0 unspecified atom stereocenters. The lowest BCUT2D eigenvalue weighted by molar-refractivity contribution is -0.143. The molecular weight excluding hydrogens is 408 g/mol. The van der Waals surface area contributed by atoms with E-state index in [9.17, 15) is 27.2 Å². The average molecular weight is 422 g/mol. The molecular formula is C18H14F4N6O2. The van der Waals surface area contributed by atoms with Gasteiger partial charge in [-0.2, -0.15) is 13.2 Å². The van der Waals surface area contributed by atoms with Crippen molar-refractivity contribution in [2.75, 3.05) is 17.7 Å². The number of hydrogen-bond donors (Lipinski definition) is 3. The molecule has 0 aliphatic carbocycles. The molecule has 0 radical (unpaired) electrons. The maximum absolute atomic E-state index is 13.6. The van der Waals surface area contributed by atoms with Crippen LogP contribution in [0.3, 0.4) is 0 Å². The van der Waals surface area contributed by atoms with Gasteiger partial charge in [-0.3, -0.25) is 4.79 Å². The summed E-state index contributed by atoms with van der Waals surface area (Å²) >= 11 is 0. The Bertz CT molecular complexity index is 1080. The Morgan fingerprint density at radius 1 is 1.00 bits per heavy atom. The van der Waals surface area contributed by atoms with Crippen LogP contribution in [0.25, 0.3) is 5.69 Å². The number of benzene rings is 2. The van der Waals surface area contributed by atoms with E-state index in [-0.39, 0.29) is 11.4 Å². The van der Waals surface area contributed by atoms with E-state index in [2.05, 4.69) is 26.3 Å². The average Bonchev–Trinajstić information content (AvgIpc) is 3.15. The third-order valence-electron chi connectivity index (χ3n) is 3.83. The van der Waals surface area contributed by atoms with Crippen molar-refractivity contribution in [3.05, 3.63) is 65.7 Å². The van der Waals surface area contributed by atoms with Gasteiger partial charge in [0.05, 0.1) is 5.69 Å². The highest BCUT2D eigenvalue weighted by Crippen LogP contribution is 2.33. The van der Waals surface area contributed by atoms with Gasteiger partial charge in [-0.25, -0.2) is 13.9 Å². The SMILES string of the molecule is CNC(=O)Nc1ccc(NC(=O)c2nnn(-c3cccc(F)c3)c2C(F)(F)F)cc1. The highest BCUT2D eigenvalue weighted by Gasteiger charge is 2.42. The van der Waals surface area contributed by atoms with Gasteiger partial charge in [0, 0.05) is 18.4 Å². The number of alkyl halides is 3. The summed E-state index contributed by atoms with van der Waals surface area (Å²) in [5.74, 6) is -1.93. The van der Waals surface area contributed by atoms with E-state index < -0.39 is 35.3 Å². The van der Waals surface area contributed by atoms with Crippen LogP contribution < -0.4 is 16.0 Å². The van der Waals surface area contributed by atoms with Crippen LogP contribution in [-0.4, -0.2) is 34.0 Å². The Hall–Kier alpha value is -3.96. The standard InChI is InChI=1S/C18H14F4N6O2/c1-23-17(30)25-12-7-5-11(6-8-12)24-16(29)14-15(18(20,21)22)28(27-26-14)13-4-2-3-10(19)9-13/h2-9H,1H3,(H,24,29)(H2,23,25,30). The number of anilines is 2. The molecule has 12 heteroatoms. The van der Waals surface area contributed by atoms with Crippen molar-refractivity contribution in [1.82, 2.24) is 20.3 Å². The van der Waals surface area contributed by atoms with E-state index in [4.69, 9.17) is 0 Å². The maximum Gasteiger partial charge on any atom is 0.435 e. The number of nitrogens with zero attached hydrogens (tertiary/aromatic N) is 3. The first-order valence-electron chi connectivity index (χ1n) is 8.38. The minimum absolute atomic E-state index is 0.163. The molecule has 3 amide bonds. The van der Waals surface area contributed by atoms with E-state index in [1.54, 1.807) is 0 Å². The summed E-state index contributed by atoms with van der Waals surface area (Å²) in [6, 6.07) is 9.50. The number of halogens is 4. The molecule has 0 spiro atoms. The number of urea groups is 1. The first-order valence-corrected chi connectivity index (χ1v) is 8.38. The van der Waals surface area contributed by atoms with Gasteiger partial charge in [-0.1, -0.05) is 11.3 Å². The number of nitrogens with one attached hydrogen (secondary N) is 3. The number of aromatic nitrogens is 3. The van der Waals surface area contributed by atoms with E-state index in [0.717, 1.165) is 12.1 Å². The van der Waals surface area contributed by atoms with Gasteiger partial charge < -0.3 is 16.0 Å².